The van der Waals surface area contributed by atoms with Crippen LogP contribution in [0.4, 0.5) is 0 Å². The van der Waals surface area contributed by atoms with Crippen molar-refractivity contribution >= 4 is 16.3 Å². The first-order chi connectivity index (χ1) is 8.39. The summed E-state index contributed by atoms with van der Waals surface area (Å²) in [5.74, 6) is -0.165. The molecule has 0 spiro atoms. The van der Waals surface area contributed by atoms with Crippen LogP contribution in [0.1, 0.15) is 13.3 Å². The van der Waals surface area contributed by atoms with Crippen LogP contribution in [0.3, 0.4) is 0 Å². The maximum atomic E-state index is 11.0. The van der Waals surface area contributed by atoms with E-state index >= 15 is 0 Å². The molecule has 0 saturated carbocycles. The van der Waals surface area contributed by atoms with E-state index in [1.54, 1.807) is 6.92 Å². The molecule has 0 aliphatic heterocycles. The Balaban J connectivity index is 0. The first kappa shape index (κ1) is 20.4. The van der Waals surface area contributed by atoms with Crippen molar-refractivity contribution in [3.63, 3.8) is 0 Å². The van der Waals surface area contributed by atoms with Crippen LogP contribution in [0.15, 0.2) is 12.2 Å². The van der Waals surface area contributed by atoms with Gasteiger partial charge >= 0.3 is 10.4 Å². The minimum atomic E-state index is -4.16. The monoisotopic (exact) mass is 296 g/mol. The molecule has 0 unspecified atom stereocenters. The molecule has 0 aliphatic rings. The first-order valence-corrected chi connectivity index (χ1v) is 6.96. The van der Waals surface area contributed by atoms with Gasteiger partial charge in [0.15, 0.2) is 0 Å². The zero-order valence-electron chi connectivity index (χ0n) is 12.2. The predicted octanol–water partition coefficient (Wildman–Crippen LogP) is 0.995. The van der Waals surface area contributed by atoms with Gasteiger partial charge < -0.3 is 14.6 Å². The third kappa shape index (κ3) is 19.6. The molecule has 0 aromatic carbocycles. The maximum Gasteiger partial charge on any atom is 0.397 e. The minimum absolute atomic E-state index is 0.165. The summed E-state index contributed by atoms with van der Waals surface area (Å²) in [6.45, 7) is 6.87. The third-order valence-electron chi connectivity index (χ3n) is 1.82. The molecule has 114 valence electrons. The van der Waals surface area contributed by atoms with Crippen LogP contribution in [-0.2, 0) is 19.4 Å². The summed E-state index contributed by atoms with van der Waals surface area (Å²) >= 11 is 0. The van der Waals surface area contributed by atoms with Gasteiger partial charge in [0.05, 0.1) is 40.7 Å². The minimum Gasteiger partial charge on any atom is -0.649 e. The Labute approximate surface area is 115 Å². The zero-order chi connectivity index (χ0) is 15.7. The molecule has 0 aromatic rings. The normalized spacial score (nSPS) is 11.3. The molecular formula is C11H24N2O5S. The molecule has 1 N–H and O–H groups in total. The van der Waals surface area contributed by atoms with Gasteiger partial charge in [-0.25, -0.2) is 0 Å². The van der Waals surface area contributed by atoms with E-state index in [0.29, 0.717) is 12.1 Å². The van der Waals surface area contributed by atoms with Crippen molar-refractivity contribution in [1.29, 1.82) is 0 Å². The molecule has 0 rings (SSSR count). The quantitative estimate of drug-likeness (QED) is 0.341. The fourth-order valence-electron chi connectivity index (χ4n) is 0.861. The highest BCUT2D eigenvalue weighted by atomic mass is 32.3. The van der Waals surface area contributed by atoms with E-state index in [-0.39, 0.29) is 5.91 Å². The van der Waals surface area contributed by atoms with Gasteiger partial charge in [0, 0.05) is 0 Å². The van der Waals surface area contributed by atoms with Crippen molar-refractivity contribution in [1.82, 2.24) is 0 Å². The number of rotatable bonds is 6. The van der Waals surface area contributed by atoms with Gasteiger partial charge in [-0.15, -0.1) is 6.54 Å². The van der Waals surface area contributed by atoms with E-state index in [0.717, 1.165) is 24.6 Å². The van der Waals surface area contributed by atoms with Gasteiger partial charge in [-0.2, -0.15) is 8.42 Å². The Bertz CT molecular complexity index is 384. The summed E-state index contributed by atoms with van der Waals surface area (Å²) in [5.41, 5.74) is 0.519. The van der Waals surface area contributed by atoms with E-state index < -0.39 is 10.4 Å². The summed E-state index contributed by atoms with van der Waals surface area (Å²) in [6, 6.07) is 0. The van der Waals surface area contributed by atoms with Crippen molar-refractivity contribution in [3.8, 4) is 0 Å². The van der Waals surface area contributed by atoms with Gasteiger partial charge in [0.1, 0.15) is 0 Å². The second-order valence-corrected chi connectivity index (χ2v) is 6.12. The topological polar surface area (TPSA) is 94.8 Å². The van der Waals surface area contributed by atoms with Crippen molar-refractivity contribution in [2.45, 2.75) is 13.3 Å². The maximum absolute atomic E-state index is 11.0. The van der Waals surface area contributed by atoms with Crippen LogP contribution in [0.2, 0.25) is 0 Å². The number of nitrogens with zero attached hydrogens (tertiary/aromatic N) is 2. The number of hydrogen-bond donors (Lipinski definition) is 1. The van der Waals surface area contributed by atoms with Crippen molar-refractivity contribution in [2.75, 3.05) is 41.3 Å². The second kappa shape index (κ2) is 9.03. The van der Waals surface area contributed by atoms with Crippen molar-refractivity contribution in [3.05, 3.63) is 17.5 Å². The number of carbonyl (C=O) groups is 1. The van der Waals surface area contributed by atoms with Crippen LogP contribution in [0.25, 0.3) is 5.32 Å². The lowest BCUT2D eigenvalue weighted by molar-refractivity contribution is -0.870. The highest BCUT2D eigenvalue weighted by molar-refractivity contribution is 7.80. The van der Waals surface area contributed by atoms with Gasteiger partial charge in [-0.3, -0.25) is 8.74 Å². The molecule has 0 radical (unpaired) electrons. The largest absolute Gasteiger partial charge is 0.649 e. The van der Waals surface area contributed by atoms with Crippen molar-refractivity contribution < 1.29 is 26.4 Å². The number of hydrogen-bond acceptors (Lipinski definition) is 4. The highest BCUT2D eigenvalue weighted by Crippen LogP contribution is 2.02. The van der Waals surface area contributed by atoms with Gasteiger partial charge in [-0.1, -0.05) is 6.58 Å². The Morgan fingerprint density at radius 1 is 1.37 bits per heavy atom. The van der Waals surface area contributed by atoms with E-state index in [2.05, 4.69) is 37.2 Å². The summed E-state index contributed by atoms with van der Waals surface area (Å²) in [7, 11) is 3.09. The molecule has 0 aromatic heterocycles. The number of quaternary nitrogens is 1. The van der Waals surface area contributed by atoms with Crippen LogP contribution >= 0.6 is 0 Å². The average molecular weight is 296 g/mol. The Morgan fingerprint density at radius 3 is 2.05 bits per heavy atom. The summed E-state index contributed by atoms with van der Waals surface area (Å²) in [6.07, 6.45) is 0.947. The first-order valence-electron chi connectivity index (χ1n) is 5.60. The smallest absolute Gasteiger partial charge is 0.397 e. The molecule has 0 saturated heterocycles. The molecular weight excluding hydrogens is 272 g/mol. The second-order valence-electron chi connectivity index (χ2n) is 4.93. The lowest BCUT2D eigenvalue weighted by Gasteiger charge is -2.26. The predicted molar refractivity (Wildman–Crippen MR) is 74.1 cm³/mol. The number of amides is 1. The van der Waals surface area contributed by atoms with E-state index in [4.69, 9.17) is 4.55 Å². The molecule has 19 heavy (non-hydrogen) atoms. The molecule has 0 atom stereocenters. The van der Waals surface area contributed by atoms with Crippen molar-refractivity contribution in [2.24, 2.45) is 0 Å². The van der Waals surface area contributed by atoms with E-state index in [1.807, 2.05) is 0 Å². The Kier molecular flexibility index (Phi) is 9.67. The molecule has 0 heterocycles. The fourth-order valence-corrected chi connectivity index (χ4v) is 0.861. The highest BCUT2D eigenvalue weighted by Gasteiger charge is 2.03. The van der Waals surface area contributed by atoms with Crippen LogP contribution in [0.5, 0.6) is 0 Å². The summed E-state index contributed by atoms with van der Waals surface area (Å²) < 4.78 is 30.6. The number of carbonyl (C=O) groups excluding carboxylic acids is 1. The van der Waals surface area contributed by atoms with Crippen LogP contribution in [0, 0.1) is 0 Å². The average Bonchev–Trinajstić information content (AvgIpc) is 2.22. The molecule has 8 heteroatoms. The SMILES string of the molecule is C=C(C)C(=O)[N-]CCC[N+](C)(C)C.COS(=O)(=O)O. The van der Waals surface area contributed by atoms with E-state index in [1.165, 1.54) is 0 Å². The summed E-state index contributed by atoms with van der Waals surface area (Å²) in [5, 5.41) is 3.88. The lowest BCUT2D eigenvalue weighted by Crippen LogP contribution is -2.35. The lowest BCUT2D eigenvalue weighted by atomic mass is 10.3. The molecule has 7 nitrogen and oxygen atoms in total. The Morgan fingerprint density at radius 2 is 1.79 bits per heavy atom. The standard InChI is InChI=1S/C10H20N2O.CH4O4S/c1-9(2)10(13)11-7-6-8-12(3,4)5;1-5-6(2,3)4/h1,6-8H2,2-5H3;1H3,(H,2,3,4). The third-order valence-corrected chi connectivity index (χ3v) is 2.24. The Hall–Kier alpha value is -0.960. The van der Waals surface area contributed by atoms with Gasteiger partial charge in [0.25, 0.3) is 0 Å². The van der Waals surface area contributed by atoms with Gasteiger partial charge in [-0.05, 0) is 18.9 Å². The zero-order valence-corrected chi connectivity index (χ0v) is 13.0. The van der Waals surface area contributed by atoms with Gasteiger partial charge in [0.2, 0.25) is 0 Å². The molecule has 0 aliphatic carbocycles. The molecule has 0 fully saturated rings. The molecule has 1 amide bonds. The fraction of sp³-hybridized carbons (Fsp3) is 0.727. The molecule has 0 bridgehead atoms. The van der Waals surface area contributed by atoms with Crippen LogP contribution in [-0.4, -0.2) is 64.7 Å². The summed E-state index contributed by atoms with van der Waals surface area (Å²) in [4.78, 5) is 11.0. The van der Waals surface area contributed by atoms with Crippen LogP contribution < -0.4 is 0 Å². The van der Waals surface area contributed by atoms with E-state index in [9.17, 15) is 13.2 Å².